The van der Waals surface area contributed by atoms with E-state index in [9.17, 15) is 12.8 Å². The minimum absolute atomic E-state index is 0.0478. The highest BCUT2D eigenvalue weighted by Gasteiger charge is 2.51. The molecule has 0 bridgehead atoms. The second-order valence-electron chi connectivity index (χ2n) is 5.88. The number of nitrogens with zero attached hydrogens (tertiary/aromatic N) is 4. The summed E-state index contributed by atoms with van der Waals surface area (Å²) in [5.74, 6) is -0.462. The van der Waals surface area contributed by atoms with Crippen LogP contribution in [0.5, 0.6) is 0 Å². The zero-order valence-electron chi connectivity index (χ0n) is 12.0. The van der Waals surface area contributed by atoms with Crippen molar-refractivity contribution in [1.29, 1.82) is 5.26 Å². The minimum atomic E-state index is -3.77. The van der Waals surface area contributed by atoms with Crippen molar-refractivity contribution in [1.82, 2.24) is 14.8 Å². The molecule has 1 fully saturated rings. The van der Waals surface area contributed by atoms with Crippen LogP contribution >= 0.6 is 0 Å². The molecule has 1 aromatic heterocycles. The maximum absolute atomic E-state index is 14.2. The third kappa shape index (κ3) is 2.15. The maximum Gasteiger partial charge on any atom is 0.267 e. The maximum atomic E-state index is 14.2. The fourth-order valence-electron chi connectivity index (χ4n) is 3.02. The number of nitriles is 1. The lowest BCUT2D eigenvalue weighted by Gasteiger charge is -2.11. The van der Waals surface area contributed by atoms with Crippen LogP contribution in [0.1, 0.15) is 36.4 Å². The van der Waals surface area contributed by atoms with Gasteiger partial charge in [0.15, 0.2) is 12.0 Å². The van der Waals surface area contributed by atoms with E-state index in [1.807, 2.05) is 36.4 Å². The summed E-state index contributed by atoms with van der Waals surface area (Å²) in [5.41, 5.74) is 0.865. The van der Waals surface area contributed by atoms with Crippen molar-refractivity contribution in [3.05, 3.63) is 41.7 Å². The third-order valence-corrected chi connectivity index (χ3v) is 6.38. The minimum Gasteiger partial charge on any atom is -0.239 e. The van der Waals surface area contributed by atoms with Gasteiger partial charge in [0.25, 0.3) is 5.16 Å². The lowest BCUT2D eigenvalue weighted by molar-refractivity contribution is 0.326. The van der Waals surface area contributed by atoms with E-state index in [0.717, 1.165) is 5.56 Å². The molecule has 23 heavy (non-hydrogen) atoms. The number of benzene rings is 1. The average molecular weight is 332 g/mol. The van der Waals surface area contributed by atoms with E-state index in [-0.39, 0.29) is 23.4 Å². The van der Waals surface area contributed by atoms with Crippen molar-refractivity contribution in [3.63, 3.8) is 0 Å². The molecular weight excluding hydrogens is 319 g/mol. The van der Waals surface area contributed by atoms with Crippen molar-refractivity contribution >= 4 is 9.84 Å². The molecule has 4 rings (SSSR count). The Hall–Kier alpha value is -2.27. The first-order valence-corrected chi connectivity index (χ1v) is 8.86. The Balaban J connectivity index is 1.73. The summed E-state index contributed by atoms with van der Waals surface area (Å²) in [7, 11) is -3.77. The van der Waals surface area contributed by atoms with Crippen molar-refractivity contribution < 1.29 is 12.8 Å². The lowest BCUT2D eigenvalue weighted by Crippen LogP contribution is -2.13. The van der Waals surface area contributed by atoms with Gasteiger partial charge in [0, 0.05) is 6.42 Å². The van der Waals surface area contributed by atoms with Gasteiger partial charge in [-0.3, -0.25) is 0 Å². The third-order valence-electron chi connectivity index (χ3n) is 4.38. The average Bonchev–Trinajstić information content (AvgIpc) is 3.13. The van der Waals surface area contributed by atoms with Crippen LogP contribution in [0.2, 0.25) is 0 Å². The Kier molecular flexibility index (Phi) is 3.03. The van der Waals surface area contributed by atoms with E-state index in [1.165, 1.54) is 4.68 Å². The van der Waals surface area contributed by atoms with Gasteiger partial charge in [0.05, 0.1) is 23.3 Å². The summed E-state index contributed by atoms with van der Waals surface area (Å²) in [6.45, 7) is 0. The summed E-state index contributed by atoms with van der Waals surface area (Å²) in [6, 6.07) is 10.8. The monoisotopic (exact) mass is 332 g/mol. The Morgan fingerprint density at radius 3 is 2.65 bits per heavy atom. The number of aromatic nitrogens is 3. The Bertz CT molecular complexity index is 903. The first kappa shape index (κ1) is 14.3. The number of fused-ring (bicyclic) bond motifs is 1. The molecule has 118 valence electrons. The molecule has 2 heterocycles. The standard InChI is InChI=1S/C15H13FN4O2S/c16-11-7-12(9-4-2-1-3-5-9)20-14(11)18-15(19-20)23(21,22)13-6-10(13)8-17/h1-5,10-13H,6-7H2/t10-,11+,12+,13-/m1/s1. The summed E-state index contributed by atoms with van der Waals surface area (Å²) in [6.07, 6.45) is -0.851. The van der Waals surface area contributed by atoms with Gasteiger partial charge < -0.3 is 0 Å². The first-order valence-electron chi connectivity index (χ1n) is 7.31. The first-order chi connectivity index (χ1) is 11.0. The largest absolute Gasteiger partial charge is 0.267 e. The van der Waals surface area contributed by atoms with Gasteiger partial charge in [-0.15, -0.1) is 5.10 Å². The Morgan fingerprint density at radius 1 is 1.26 bits per heavy atom. The van der Waals surface area contributed by atoms with E-state index < -0.39 is 27.2 Å². The van der Waals surface area contributed by atoms with Gasteiger partial charge in [-0.1, -0.05) is 30.3 Å². The van der Waals surface area contributed by atoms with E-state index >= 15 is 0 Å². The highest BCUT2D eigenvalue weighted by molar-refractivity contribution is 7.92. The number of alkyl halides is 1. The quantitative estimate of drug-likeness (QED) is 0.857. The molecule has 2 aromatic rings. The number of halogens is 1. The van der Waals surface area contributed by atoms with Crippen LogP contribution in [0, 0.1) is 17.2 Å². The Labute approximate surface area is 132 Å². The molecule has 0 spiro atoms. The summed E-state index contributed by atoms with van der Waals surface area (Å²) in [4.78, 5) is 3.93. The molecule has 0 N–H and O–H groups in total. The molecule has 0 saturated heterocycles. The molecule has 1 aromatic carbocycles. The molecule has 8 heteroatoms. The number of sulfone groups is 1. The van der Waals surface area contributed by atoms with Gasteiger partial charge in [-0.25, -0.2) is 17.5 Å². The predicted octanol–water partition coefficient (Wildman–Crippen LogP) is 1.97. The SMILES string of the molecule is N#C[C@H]1C[C@H]1S(=O)(=O)c1nc2n(n1)[C@H](c1ccccc1)C[C@@H]2F. The van der Waals surface area contributed by atoms with Crippen LogP contribution in [0.3, 0.4) is 0 Å². The second kappa shape index (κ2) is 4.86. The fourth-order valence-corrected chi connectivity index (χ4v) is 4.67. The molecule has 4 atom stereocenters. The zero-order chi connectivity index (χ0) is 16.2. The van der Waals surface area contributed by atoms with Crippen LogP contribution in [0.15, 0.2) is 35.5 Å². The molecule has 0 amide bonds. The van der Waals surface area contributed by atoms with Gasteiger partial charge in [-0.05, 0) is 12.0 Å². The highest BCUT2D eigenvalue weighted by Crippen LogP contribution is 2.42. The lowest BCUT2D eigenvalue weighted by atomic mass is 10.0. The van der Waals surface area contributed by atoms with Gasteiger partial charge >= 0.3 is 0 Å². The molecule has 6 nitrogen and oxygen atoms in total. The molecular formula is C15H13FN4O2S. The molecule has 2 aliphatic rings. The van der Waals surface area contributed by atoms with E-state index in [2.05, 4.69) is 10.1 Å². The molecule has 1 saturated carbocycles. The number of hydrogen-bond donors (Lipinski definition) is 0. The van der Waals surface area contributed by atoms with Crippen LogP contribution in [-0.2, 0) is 9.84 Å². The fraction of sp³-hybridized carbons (Fsp3) is 0.400. The van der Waals surface area contributed by atoms with Gasteiger partial charge in [0.2, 0.25) is 9.84 Å². The zero-order valence-corrected chi connectivity index (χ0v) is 12.8. The van der Waals surface area contributed by atoms with Crippen molar-refractivity contribution in [2.24, 2.45) is 5.92 Å². The summed E-state index contributed by atoms with van der Waals surface area (Å²) < 4.78 is 40.4. The van der Waals surface area contributed by atoms with Gasteiger partial charge in [0.1, 0.15) is 0 Å². The normalized spacial score (nSPS) is 29.0. The number of hydrogen-bond acceptors (Lipinski definition) is 5. The van der Waals surface area contributed by atoms with Crippen LogP contribution in [0.4, 0.5) is 4.39 Å². The van der Waals surface area contributed by atoms with E-state index in [0.29, 0.717) is 6.42 Å². The van der Waals surface area contributed by atoms with Gasteiger partial charge in [-0.2, -0.15) is 10.2 Å². The molecule has 1 aliphatic heterocycles. The second-order valence-corrected chi connectivity index (χ2v) is 7.94. The molecule has 0 unspecified atom stereocenters. The van der Waals surface area contributed by atoms with E-state index in [4.69, 9.17) is 5.26 Å². The van der Waals surface area contributed by atoms with Crippen LogP contribution in [0.25, 0.3) is 0 Å². The summed E-state index contributed by atoms with van der Waals surface area (Å²) in [5, 5.41) is 11.8. The molecule has 1 aliphatic carbocycles. The Morgan fingerprint density at radius 2 is 2.00 bits per heavy atom. The summed E-state index contributed by atoms with van der Waals surface area (Å²) >= 11 is 0. The topological polar surface area (TPSA) is 88.6 Å². The molecule has 0 radical (unpaired) electrons. The van der Waals surface area contributed by atoms with Crippen molar-refractivity contribution in [2.45, 2.75) is 35.5 Å². The van der Waals surface area contributed by atoms with Crippen LogP contribution < -0.4 is 0 Å². The highest BCUT2D eigenvalue weighted by atomic mass is 32.2. The smallest absolute Gasteiger partial charge is 0.239 e. The van der Waals surface area contributed by atoms with Crippen LogP contribution in [-0.4, -0.2) is 28.4 Å². The van der Waals surface area contributed by atoms with Crippen molar-refractivity contribution in [3.8, 4) is 6.07 Å². The number of rotatable bonds is 3. The van der Waals surface area contributed by atoms with E-state index in [1.54, 1.807) is 0 Å². The predicted molar refractivity (Wildman–Crippen MR) is 77.8 cm³/mol. The van der Waals surface area contributed by atoms with Crippen molar-refractivity contribution in [2.75, 3.05) is 0 Å².